The van der Waals surface area contributed by atoms with Crippen LogP contribution in [-0.4, -0.2) is 52.7 Å². The van der Waals surface area contributed by atoms with E-state index in [0.29, 0.717) is 12.2 Å². The Morgan fingerprint density at radius 1 is 1.15 bits per heavy atom. The monoisotopic (exact) mass is 362 g/mol. The van der Waals surface area contributed by atoms with Crippen molar-refractivity contribution < 1.29 is 19.8 Å². The summed E-state index contributed by atoms with van der Waals surface area (Å²) in [5, 5.41) is 19.1. The Kier molecular flexibility index (Phi) is 10.3. The van der Waals surface area contributed by atoms with E-state index < -0.39 is 11.9 Å². The number of benzene rings is 1. The molecule has 0 aliphatic carbocycles. The zero-order valence-electron chi connectivity index (χ0n) is 15.6. The van der Waals surface area contributed by atoms with Crippen molar-refractivity contribution in [3.63, 3.8) is 0 Å². The van der Waals surface area contributed by atoms with E-state index in [0.717, 1.165) is 12.6 Å². The van der Waals surface area contributed by atoms with Gasteiger partial charge in [-0.2, -0.15) is 0 Å². The molecular formula is C20H30N2O4. The minimum Gasteiger partial charge on any atom is -0.478 e. The number of rotatable bonds is 7. The van der Waals surface area contributed by atoms with Crippen LogP contribution in [0.4, 0.5) is 0 Å². The Bertz CT molecular complexity index is 579. The van der Waals surface area contributed by atoms with E-state index in [1.807, 2.05) is 0 Å². The van der Waals surface area contributed by atoms with Crippen LogP contribution in [0.2, 0.25) is 0 Å². The number of hydrogen-bond acceptors (Lipinski definition) is 4. The summed E-state index contributed by atoms with van der Waals surface area (Å²) in [4.78, 5) is 21.8. The molecule has 2 rings (SSSR count). The van der Waals surface area contributed by atoms with E-state index in [1.54, 1.807) is 0 Å². The lowest BCUT2D eigenvalue weighted by Gasteiger charge is -2.34. The van der Waals surface area contributed by atoms with Crippen LogP contribution in [0.15, 0.2) is 36.4 Å². The molecule has 1 aromatic carbocycles. The molecule has 3 N–H and O–H groups in total. The third-order valence-electron chi connectivity index (χ3n) is 4.34. The molecule has 6 heteroatoms. The average Bonchev–Trinajstić information content (AvgIpc) is 2.63. The first-order chi connectivity index (χ1) is 12.4. The fourth-order valence-corrected chi connectivity index (χ4v) is 3.00. The highest BCUT2D eigenvalue weighted by Crippen LogP contribution is 2.18. The van der Waals surface area contributed by atoms with Crippen LogP contribution in [0, 0.1) is 6.92 Å². The van der Waals surface area contributed by atoms with Crippen molar-refractivity contribution in [2.75, 3.05) is 19.6 Å². The number of carbonyl (C=O) groups is 2. The predicted molar refractivity (Wildman–Crippen MR) is 102 cm³/mol. The van der Waals surface area contributed by atoms with Gasteiger partial charge in [0, 0.05) is 24.7 Å². The summed E-state index contributed by atoms with van der Waals surface area (Å²) in [6.07, 6.45) is 4.96. The zero-order valence-corrected chi connectivity index (χ0v) is 15.6. The molecule has 26 heavy (non-hydrogen) atoms. The van der Waals surface area contributed by atoms with Crippen LogP contribution in [0.1, 0.15) is 37.3 Å². The Hall–Kier alpha value is -2.18. The van der Waals surface area contributed by atoms with E-state index in [1.165, 1.54) is 50.0 Å². The van der Waals surface area contributed by atoms with E-state index in [-0.39, 0.29) is 0 Å². The van der Waals surface area contributed by atoms with E-state index in [4.69, 9.17) is 10.2 Å². The van der Waals surface area contributed by atoms with E-state index >= 15 is 0 Å². The second kappa shape index (κ2) is 12.2. The van der Waals surface area contributed by atoms with Gasteiger partial charge in [0.05, 0.1) is 0 Å². The third-order valence-corrected chi connectivity index (χ3v) is 4.34. The van der Waals surface area contributed by atoms with Gasteiger partial charge in [-0.15, -0.1) is 0 Å². The molecule has 0 aromatic heterocycles. The maximum absolute atomic E-state index is 9.55. The number of carboxylic acid groups (broad SMARTS) is 2. The van der Waals surface area contributed by atoms with Gasteiger partial charge in [0.25, 0.3) is 0 Å². The molecule has 1 heterocycles. The van der Waals surface area contributed by atoms with Gasteiger partial charge in [0.1, 0.15) is 0 Å². The van der Waals surface area contributed by atoms with Gasteiger partial charge in [-0.3, -0.25) is 4.90 Å². The largest absolute Gasteiger partial charge is 0.478 e. The highest BCUT2D eigenvalue weighted by molar-refractivity contribution is 5.89. The van der Waals surface area contributed by atoms with Crippen LogP contribution in [0.3, 0.4) is 0 Å². The van der Waals surface area contributed by atoms with Crippen molar-refractivity contribution in [1.29, 1.82) is 0 Å². The zero-order chi connectivity index (χ0) is 19.4. The van der Waals surface area contributed by atoms with Gasteiger partial charge in [0.15, 0.2) is 0 Å². The van der Waals surface area contributed by atoms with Gasteiger partial charge < -0.3 is 15.5 Å². The fraction of sp³-hybridized carbons (Fsp3) is 0.500. The van der Waals surface area contributed by atoms with Crippen molar-refractivity contribution in [1.82, 2.24) is 10.2 Å². The number of carboxylic acids is 2. The number of piperidine rings is 1. The summed E-state index contributed by atoms with van der Waals surface area (Å²) in [6, 6.07) is 9.56. The highest BCUT2D eigenvalue weighted by atomic mass is 16.4. The number of aryl methyl sites for hydroxylation is 1. The van der Waals surface area contributed by atoms with Crippen LogP contribution in [-0.2, 0) is 16.1 Å². The van der Waals surface area contributed by atoms with Crippen LogP contribution >= 0.6 is 0 Å². The average molecular weight is 362 g/mol. The first-order valence-corrected chi connectivity index (χ1v) is 9.07. The SMILES string of the molecule is CCCN(Cc1ccccc1C)C1CCNCC1.O=C(O)C=CC(=O)O. The second-order valence-corrected chi connectivity index (χ2v) is 6.39. The van der Waals surface area contributed by atoms with Crippen molar-refractivity contribution in [3.8, 4) is 0 Å². The quantitative estimate of drug-likeness (QED) is 0.646. The Labute approximate surface area is 155 Å². The smallest absolute Gasteiger partial charge is 0.328 e. The van der Waals surface area contributed by atoms with Crippen LogP contribution in [0.25, 0.3) is 0 Å². The molecule has 0 amide bonds. The molecular weight excluding hydrogens is 332 g/mol. The number of nitrogens with one attached hydrogen (secondary N) is 1. The van der Waals surface area contributed by atoms with E-state index in [9.17, 15) is 9.59 Å². The molecule has 1 saturated heterocycles. The summed E-state index contributed by atoms with van der Waals surface area (Å²) in [7, 11) is 0. The fourth-order valence-electron chi connectivity index (χ4n) is 3.00. The summed E-state index contributed by atoms with van der Waals surface area (Å²) in [5.41, 5.74) is 2.91. The lowest BCUT2D eigenvalue weighted by atomic mass is 10.0. The van der Waals surface area contributed by atoms with Crippen molar-refractivity contribution in [2.45, 2.75) is 45.7 Å². The predicted octanol–water partition coefficient (Wildman–Crippen LogP) is 2.67. The second-order valence-electron chi connectivity index (χ2n) is 6.39. The lowest BCUT2D eigenvalue weighted by molar-refractivity contribution is -0.134. The molecule has 0 saturated carbocycles. The molecule has 0 bridgehead atoms. The topological polar surface area (TPSA) is 89.9 Å². The lowest BCUT2D eigenvalue weighted by Crippen LogP contribution is -2.43. The van der Waals surface area contributed by atoms with Gasteiger partial charge in [-0.05, 0) is 56.9 Å². The summed E-state index contributed by atoms with van der Waals surface area (Å²) in [6.45, 7) is 9.20. The Morgan fingerprint density at radius 3 is 2.23 bits per heavy atom. The molecule has 0 radical (unpaired) electrons. The Morgan fingerprint density at radius 2 is 1.73 bits per heavy atom. The molecule has 0 atom stereocenters. The summed E-state index contributed by atoms with van der Waals surface area (Å²) < 4.78 is 0. The van der Waals surface area contributed by atoms with Crippen molar-refractivity contribution in [2.24, 2.45) is 0 Å². The van der Waals surface area contributed by atoms with Gasteiger partial charge in [0.2, 0.25) is 0 Å². The summed E-state index contributed by atoms with van der Waals surface area (Å²) in [5.74, 6) is -2.51. The van der Waals surface area contributed by atoms with E-state index in [2.05, 4.69) is 48.3 Å². The minimum atomic E-state index is -1.26. The molecule has 0 unspecified atom stereocenters. The molecule has 144 valence electrons. The first kappa shape index (κ1) is 21.9. The normalized spacial score (nSPS) is 14.9. The number of aliphatic carboxylic acids is 2. The van der Waals surface area contributed by atoms with Gasteiger partial charge in [-0.25, -0.2) is 9.59 Å². The molecule has 0 spiro atoms. The molecule has 1 aliphatic rings. The molecule has 1 aliphatic heterocycles. The third kappa shape index (κ3) is 8.78. The van der Waals surface area contributed by atoms with Crippen LogP contribution in [0.5, 0.6) is 0 Å². The molecule has 6 nitrogen and oxygen atoms in total. The summed E-state index contributed by atoms with van der Waals surface area (Å²) >= 11 is 0. The maximum atomic E-state index is 9.55. The van der Waals surface area contributed by atoms with Gasteiger partial charge >= 0.3 is 11.9 Å². The first-order valence-electron chi connectivity index (χ1n) is 9.07. The number of nitrogens with zero attached hydrogens (tertiary/aromatic N) is 1. The van der Waals surface area contributed by atoms with Gasteiger partial charge in [-0.1, -0.05) is 31.2 Å². The van der Waals surface area contributed by atoms with Crippen molar-refractivity contribution in [3.05, 3.63) is 47.5 Å². The molecule has 1 aromatic rings. The standard InChI is InChI=1S/C16H26N2.C4H4O4/c1-3-12-18(16-8-10-17-11-9-16)13-15-7-5-4-6-14(15)2;5-3(6)1-2-4(7)8/h4-7,16-17H,3,8-13H2,1-2H3;1-2H,(H,5,6)(H,7,8). The number of hydrogen-bond donors (Lipinski definition) is 3. The highest BCUT2D eigenvalue weighted by Gasteiger charge is 2.20. The maximum Gasteiger partial charge on any atom is 0.328 e. The van der Waals surface area contributed by atoms with Crippen LogP contribution < -0.4 is 5.32 Å². The Balaban J connectivity index is 0.000000359. The van der Waals surface area contributed by atoms with Crippen molar-refractivity contribution >= 4 is 11.9 Å². The molecule has 1 fully saturated rings. The minimum absolute atomic E-state index is 0.558.